The molecular weight excluding hydrogens is 188 g/mol. The van der Waals surface area contributed by atoms with Crippen molar-refractivity contribution in [2.24, 2.45) is 5.10 Å². The predicted molar refractivity (Wildman–Crippen MR) is 63.5 cm³/mol. The fourth-order valence-electron chi connectivity index (χ4n) is 1.34. The Kier molecular flexibility index (Phi) is 4.06. The van der Waals surface area contributed by atoms with E-state index in [0.29, 0.717) is 0 Å². The maximum atomic E-state index is 5.11. The molecule has 0 aliphatic carbocycles. The van der Waals surface area contributed by atoms with Crippen LogP contribution in [-0.4, -0.2) is 13.3 Å². The lowest BCUT2D eigenvalue weighted by molar-refractivity contribution is -0.577. The van der Waals surface area contributed by atoms with Gasteiger partial charge in [0.1, 0.15) is 5.75 Å². The number of rotatable bonds is 1. The van der Waals surface area contributed by atoms with Crippen LogP contribution in [0, 0.1) is 0 Å². The number of benzene rings is 1. The van der Waals surface area contributed by atoms with Crippen LogP contribution in [0.25, 0.3) is 5.57 Å². The van der Waals surface area contributed by atoms with Gasteiger partial charge in [-0.05, 0) is 12.1 Å². The molecule has 0 fully saturated rings. The highest BCUT2D eigenvalue weighted by molar-refractivity contribution is 6.10. The topological polar surface area (TPSA) is 38.2 Å². The molecule has 80 valence electrons. The smallest absolute Gasteiger partial charge is 0.167 e. The zero-order valence-corrected chi connectivity index (χ0v) is 9.45. The quantitative estimate of drug-likeness (QED) is 0.552. The largest absolute Gasteiger partial charge is 0.497 e. The third-order valence-electron chi connectivity index (χ3n) is 2.05. The van der Waals surface area contributed by atoms with Crippen molar-refractivity contribution >= 4 is 17.5 Å². The van der Waals surface area contributed by atoms with E-state index in [4.69, 9.17) is 4.74 Å². The minimum Gasteiger partial charge on any atom is -0.497 e. The Morgan fingerprint density at radius 1 is 1.33 bits per heavy atom. The van der Waals surface area contributed by atoms with Crippen LogP contribution in [0.1, 0.15) is 19.4 Å². The molecule has 1 aliphatic heterocycles. The van der Waals surface area contributed by atoms with Gasteiger partial charge in [-0.2, -0.15) is 5.43 Å². The molecule has 3 nitrogen and oxygen atoms in total. The number of hydrogen-bond donors (Lipinski definition) is 1. The molecule has 15 heavy (non-hydrogen) atoms. The molecule has 0 bridgehead atoms. The van der Waals surface area contributed by atoms with Crippen LogP contribution in [0.3, 0.4) is 0 Å². The van der Waals surface area contributed by atoms with Crippen LogP contribution in [0.2, 0.25) is 0 Å². The van der Waals surface area contributed by atoms with Crippen molar-refractivity contribution in [2.75, 3.05) is 7.11 Å². The highest BCUT2D eigenvalue weighted by Gasteiger charge is 2.13. The normalized spacial score (nSPS) is 12.6. The number of hydrogen-bond acceptors (Lipinski definition) is 2. The average molecular weight is 205 g/mol. The molecule has 1 heterocycles. The van der Waals surface area contributed by atoms with Crippen LogP contribution in [-0.2, 0) is 0 Å². The van der Waals surface area contributed by atoms with E-state index in [2.05, 4.69) is 11.7 Å². The molecule has 0 spiro atoms. The molecule has 0 atom stereocenters. The number of fused-ring (bicyclic) bond motifs is 1. The van der Waals surface area contributed by atoms with Crippen molar-refractivity contribution in [3.05, 3.63) is 30.3 Å². The van der Waals surface area contributed by atoms with Crippen LogP contribution < -0.4 is 10.2 Å². The van der Waals surface area contributed by atoms with Gasteiger partial charge in [-0.1, -0.05) is 25.5 Å². The molecular formula is C12H17N2O+. The first kappa shape index (κ1) is 11.5. The number of ether oxygens (including phenoxy) is 1. The van der Waals surface area contributed by atoms with Gasteiger partial charge in [0.2, 0.25) is 0 Å². The Bertz CT molecular complexity index is 383. The first-order valence-electron chi connectivity index (χ1n) is 5.05. The van der Waals surface area contributed by atoms with E-state index in [9.17, 15) is 0 Å². The number of methoxy groups -OCH3 is 1. The van der Waals surface area contributed by atoms with Crippen LogP contribution in [0.15, 0.2) is 29.9 Å². The number of allylic oxidation sites excluding steroid dienone is 1. The Morgan fingerprint density at radius 3 is 2.73 bits per heavy atom. The highest BCUT2D eigenvalue weighted by Crippen LogP contribution is 2.24. The second-order valence-corrected chi connectivity index (χ2v) is 2.89. The average Bonchev–Trinajstić information content (AvgIpc) is 2.31. The molecule has 0 saturated carbocycles. The lowest BCUT2D eigenvalue weighted by Crippen LogP contribution is -2.72. The van der Waals surface area contributed by atoms with Crippen molar-refractivity contribution in [3.8, 4) is 5.75 Å². The van der Waals surface area contributed by atoms with E-state index >= 15 is 0 Å². The second-order valence-electron chi connectivity index (χ2n) is 2.89. The Balaban J connectivity index is 0.000000531. The van der Waals surface area contributed by atoms with E-state index in [-0.39, 0.29) is 0 Å². The molecule has 0 aromatic heterocycles. The van der Waals surface area contributed by atoms with Crippen LogP contribution in [0.4, 0.5) is 5.69 Å². The van der Waals surface area contributed by atoms with Gasteiger partial charge in [0.05, 0.1) is 13.3 Å². The molecule has 0 radical (unpaired) electrons. The summed E-state index contributed by atoms with van der Waals surface area (Å²) < 4.78 is 5.11. The summed E-state index contributed by atoms with van der Waals surface area (Å²) >= 11 is 0. The number of quaternary nitrogens is 1. The zero-order chi connectivity index (χ0) is 11.3. The van der Waals surface area contributed by atoms with Gasteiger partial charge < -0.3 is 4.74 Å². The minimum absolute atomic E-state index is 0.847. The van der Waals surface area contributed by atoms with E-state index in [1.54, 1.807) is 13.3 Å². The fourth-order valence-corrected chi connectivity index (χ4v) is 1.34. The predicted octanol–water partition coefficient (Wildman–Crippen LogP) is 1.93. The third kappa shape index (κ3) is 2.44. The van der Waals surface area contributed by atoms with Gasteiger partial charge in [-0.15, -0.1) is 0 Å². The Labute approximate surface area is 90.5 Å². The molecule has 1 aromatic carbocycles. The van der Waals surface area contributed by atoms with Crippen molar-refractivity contribution in [3.63, 3.8) is 0 Å². The summed E-state index contributed by atoms with van der Waals surface area (Å²) in [5.74, 6) is 0.847. The Morgan fingerprint density at radius 2 is 2.07 bits per heavy atom. The standard InChI is InChI=1S/C10H10N2O.C2H6/c1-7-6-11-12-10-5-8(13-2)3-4-9(7)10;1-2/h3-6,12H,1H2,2H3;1-2H3/p+1. The maximum Gasteiger partial charge on any atom is 0.167 e. The van der Waals surface area contributed by atoms with Gasteiger partial charge in [0.25, 0.3) is 0 Å². The van der Waals surface area contributed by atoms with Gasteiger partial charge in [-0.3, -0.25) is 0 Å². The summed E-state index contributed by atoms with van der Waals surface area (Å²) in [4.78, 5) is 0. The van der Waals surface area contributed by atoms with E-state index < -0.39 is 0 Å². The zero-order valence-electron chi connectivity index (χ0n) is 9.45. The molecule has 3 heteroatoms. The van der Waals surface area contributed by atoms with Gasteiger partial charge in [0, 0.05) is 17.2 Å². The van der Waals surface area contributed by atoms with Crippen molar-refractivity contribution in [1.29, 1.82) is 0 Å². The lowest BCUT2D eigenvalue weighted by atomic mass is 10.1. The first-order chi connectivity index (χ1) is 7.31. The van der Waals surface area contributed by atoms with Gasteiger partial charge >= 0.3 is 0 Å². The lowest BCUT2D eigenvalue weighted by Gasteiger charge is -2.09. The molecule has 0 saturated heterocycles. The summed E-state index contributed by atoms with van der Waals surface area (Å²) in [6.45, 7) is 7.90. The van der Waals surface area contributed by atoms with E-state index in [1.807, 2.05) is 37.5 Å². The monoisotopic (exact) mass is 205 g/mol. The number of nitrogens with zero attached hydrogens (tertiary/aromatic N) is 1. The first-order valence-corrected chi connectivity index (χ1v) is 5.05. The summed E-state index contributed by atoms with van der Waals surface area (Å²) in [5.41, 5.74) is 4.94. The van der Waals surface area contributed by atoms with E-state index in [0.717, 1.165) is 22.6 Å². The molecule has 1 aromatic rings. The number of nitrogens with two attached hydrogens (primary N) is 1. The van der Waals surface area contributed by atoms with Gasteiger partial charge in [-0.25, -0.2) is 0 Å². The van der Waals surface area contributed by atoms with Crippen LogP contribution >= 0.6 is 0 Å². The third-order valence-corrected chi connectivity index (χ3v) is 2.05. The van der Waals surface area contributed by atoms with Crippen molar-refractivity contribution in [1.82, 2.24) is 0 Å². The second kappa shape index (κ2) is 5.32. The summed E-state index contributed by atoms with van der Waals surface area (Å²) in [7, 11) is 1.66. The highest BCUT2D eigenvalue weighted by atomic mass is 16.5. The van der Waals surface area contributed by atoms with Crippen LogP contribution in [0.5, 0.6) is 5.75 Å². The molecule has 0 amide bonds. The molecule has 2 N–H and O–H groups in total. The minimum atomic E-state index is 0.847. The molecule has 1 aliphatic rings. The fraction of sp³-hybridized carbons (Fsp3) is 0.250. The maximum absolute atomic E-state index is 5.11. The SMILES string of the molecule is C=C1C=N[NH2+]c2cc(OC)ccc21.CC. The summed E-state index contributed by atoms with van der Waals surface area (Å²) in [6.07, 6.45) is 1.76. The van der Waals surface area contributed by atoms with Gasteiger partial charge in [0.15, 0.2) is 5.69 Å². The molecule has 0 unspecified atom stereocenters. The summed E-state index contributed by atoms with van der Waals surface area (Å²) in [5, 5.41) is 4.07. The van der Waals surface area contributed by atoms with E-state index in [1.165, 1.54) is 0 Å². The Hall–Kier alpha value is -1.61. The summed E-state index contributed by atoms with van der Waals surface area (Å²) in [6, 6.07) is 5.88. The van der Waals surface area contributed by atoms with Crippen molar-refractivity contribution in [2.45, 2.75) is 13.8 Å². The van der Waals surface area contributed by atoms with Crippen molar-refractivity contribution < 1.29 is 10.2 Å². The molecule has 2 rings (SSSR count).